The van der Waals surface area contributed by atoms with Gasteiger partial charge in [0.15, 0.2) is 5.82 Å². The molecular formula is C23H26N2O4. The molecule has 3 rings (SSSR count). The highest BCUT2D eigenvalue weighted by molar-refractivity contribution is 5.60. The van der Waals surface area contributed by atoms with Crippen LogP contribution in [0.25, 0.3) is 11.4 Å². The molecule has 0 unspecified atom stereocenters. The van der Waals surface area contributed by atoms with Gasteiger partial charge in [0.2, 0.25) is 5.88 Å². The van der Waals surface area contributed by atoms with Crippen molar-refractivity contribution in [3.05, 3.63) is 60.3 Å². The third-order valence-electron chi connectivity index (χ3n) is 4.54. The summed E-state index contributed by atoms with van der Waals surface area (Å²) in [5.74, 6) is 2.42. The smallest absolute Gasteiger partial charge is 0.217 e. The third kappa shape index (κ3) is 5.60. The summed E-state index contributed by atoms with van der Waals surface area (Å²) in [5, 5.41) is 10.1. The highest BCUT2D eigenvalue weighted by atomic mass is 16.5. The number of hydrogen-bond acceptors (Lipinski definition) is 6. The number of hydrogen-bond donors (Lipinski definition) is 1. The Morgan fingerprint density at radius 2 is 1.72 bits per heavy atom. The van der Waals surface area contributed by atoms with Gasteiger partial charge in [-0.25, -0.2) is 4.98 Å². The van der Waals surface area contributed by atoms with Crippen LogP contribution in [-0.2, 0) is 6.61 Å². The maximum Gasteiger partial charge on any atom is 0.217 e. The highest BCUT2D eigenvalue weighted by Gasteiger charge is 2.11. The lowest BCUT2D eigenvalue weighted by atomic mass is 10.1. The van der Waals surface area contributed by atoms with Crippen LogP contribution in [-0.4, -0.2) is 28.3 Å². The number of rotatable bonds is 9. The first-order valence-corrected chi connectivity index (χ1v) is 9.71. The van der Waals surface area contributed by atoms with E-state index in [-0.39, 0.29) is 11.9 Å². The summed E-state index contributed by atoms with van der Waals surface area (Å²) in [5.41, 5.74) is 1.67. The number of phenolic OH excluding ortho intramolecular Hbond substituents is 1. The lowest BCUT2D eigenvalue weighted by Gasteiger charge is -2.16. The molecule has 0 saturated carbocycles. The van der Waals surface area contributed by atoms with Gasteiger partial charge in [0.1, 0.15) is 23.9 Å². The molecule has 152 valence electrons. The van der Waals surface area contributed by atoms with E-state index >= 15 is 0 Å². The van der Waals surface area contributed by atoms with E-state index < -0.39 is 0 Å². The molecule has 6 heteroatoms. The van der Waals surface area contributed by atoms with Crippen molar-refractivity contribution in [3.8, 4) is 34.5 Å². The van der Waals surface area contributed by atoms with E-state index in [0.717, 1.165) is 24.2 Å². The molecule has 0 atom stereocenters. The average molecular weight is 394 g/mol. The Morgan fingerprint density at radius 3 is 2.41 bits per heavy atom. The van der Waals surface area contributed by atoms with Crippen molar-refractivity contribution in [1.29, 1.82) is 0 Å². The number of methoxy groups -OCH3 is 1. The molecule has 0 radical (unpaired) electrons. The van der Waals surface area contributed by atoms with Crippen LogP contribution in [0.2, 0.25) is 0 Å². The minimum Gasteiger partial charge on any atom is -0.508 e. The van der Waals surface area contributed by atoms with Gasteiger partial charge in [0.25, 0.3) is 0 Å². The highest BCUT2D eigenvalue weighted by Crippen LogP contribution is 2.29. The number of ether oxygens (including phenoxy) is 3. The Hall–Kier alpha value is -3.28. The average Bonchev–Trinajstić information content (AvgIpc) is 2.76. The maximum absolute atomic E-state index is 10.1. The number of nitrogens with zero attached hydrogens (tertiary/aromatic N) is 2. The SMILES string of the molecule is CCC(CC)Oc1cc(O)cc(-c2nccc(OCc3ccc(OC)cc3)n2)c1. The first-order chi connectivity index (χ1) is 14.1. The van der Waals surface area contributed by atoms with Crippen molar-refractivity contribution in [2.24, 2.45) is 0 Å². The largest absolute Gasteiger partial charge is 0.508 e. The van der Waals surface area contributed by atoms with Gasteiger partial charge in [0.05, 0.1) is 13.2 Å². The molecule has 3 aromatic rings. The molecule has 1 aromatic heterocycles. The van der Waals surface area contributed by atoms with Crippen molar-refractivity contribution in [3.63, 3.8) is 0 Å². The molecular weight excluding hydrogens is 368 g/mol. The molecule has 2 aromatic carbocycles. The molecule has 0 aliphatic carbocycles. The van der Waals surface area contributed by atoms with Crippen molar-refractivity contribution in [1.82, 2.24) is 9.97 Å². The maximum atomic E-state index is 10.1. The Labute approximate surface area is 171 Å². The van der Waals surface area contributed by atoms with Crippen molar-refractivity contribution >= 4 is 0 Å². The fourth-order valence-electron chi connectivity index (χ4n) is 2.87. The van der Waals surface area contributed by atoms with E-state index in [2.05, 4.69) is 23.8 Å². The van der Waals surface area contributed by atoms with E-state index in [1.54, 1.807) is 31.5 Å². The number of aromatic nitrogens is 2. The Morgan fingerprint density at radius 1 is 0.966 bits per heavy atom. The third-order valence-corrected chi connectivity index (χ3v) is 4.54. The normalized spacial score (nSPS) is 10.8. The summed E-state index contributed by atoms with van der Waals surface area (Å²) in [6.07, 6.45) is 3.53. The van der Waals surface area contributed by atoms with E-state index in [1.165, 1.54) is 0 Å². The van der Waals surface area contributed by atoms with Crippen molar-refractivity contribution in [2.45, 2.75) is 39.4 Å². The molecule has 0 aliphatic rings. The second kappa shape index (κ2) is 9.78. The van der Waals surface area contributed by atoms with Crippen LogP contribution in [0.15, 0.2) is 54.7 Å². The first-order valence-electron chi connectivity index (χ1n) is 9.71. The molecule has 0 spiro atoms. The number of benzene rings is 2. The molecule has 0 amide bonds. The predicted octanol–water partition coefficient (Wildman–Crippen LogP) is 5.00. The van der Waals surface area contributed by atoms with Gasteiger partial charge in [-0.3, -0.25) is 0 Å². The zero-order chi connectivity index (χ0) is 20.6. The van der Waals surface area contributed by atoms with Crippen LogP contribution < -0.4 is 14.2 Å². The van der Waals surface area contributed by atoms with E-state index in [0.29, 0.717) is 29.6 Å². The van der Waals surface area contributed by atoms with E-state index in [4.69, 9.17) is 14.2 Å². The van der Waals surface area contributed by atoms with Crippen molar-refractivity contribution in [2.75, 3.05) is 7.11 Å². The summed E-state index contributed by atoms with van der Waals surface area (Å²) in [6, 6.07) is 14.4. The molecule has 1 N–H and O–H groups in total. The van der Waals surface area contributed by atoms with Gasteiger partial charge in [-0.1, -0.05) is 26.0 Å². The molecule has 0 aliphatic heterocycles. The zero-order valence-corrected chi connectivity index (χ0v) is 17.0. The van der Waals surface area contributed by atoms with Crippen LogP contribution in [0.1, 0.15) is 32.3 Å². The van der Waals surface area contributed by atoms with Gasteiger partial charge in [0, 0.05) is 23.9 Å². The molecule has 29 heavy (non-hydrogen) atoms. The number of phenols is 1. The molecule has 6 nitrogen and oxygen atoms in total. The molecule has 1 heterocycles. The summed E-state index contributed by atoms with van der Waals surface area (Å²) in [4.78, 5) is 8.78. The van der Waals surface area contributed by atoms with Crippen LogP contribution in [0.3, 0.4) is 0 Å². The monoisotopic (exact) mass is 394 g/mol. The van der Waals surface area contributed by atoms with Crippen LogP contribution in [0, 0.1) is 0 Å². The quantitative estimate of drug-likeness (QED) is 0.550. The standard InChI is InChI=1S/C23H26N2O4/c1-4-19(5-2)29-21-13-17(12-18(26)14-21)23-24-11-10-22(25-23)28-15-16-6-8-20(27-3)9-7-16/h6-14,19,26H,4-5,15H2,1-3H3. The van der Waals surface area contributed by atoms with Crippen molar-refractivity contribution < 1.29 is 19.3 Å². The summed E-state index contributed by atoms with van der Waals surface area (Å²) in [6.45, 7) is 4.53. The molecule has 0 bridgehead atoms. The summed E-state index contributed by atoms with van der Waals surface area (Å²) >= 11 is 0. The minimum absolute atomic E-state index is 0.102. The Balaban J connectivity index is 1.75. The van der Waals surface area contributed by atoms with Gasteiger partial charge < -0.3 is 19.3 Å². The summed E-state index contributed by atoms with van der Waals surface area (Å²) < 4.78 is 16.9. The zero-order valence-electron chi connectivity index (χ0n) is 17.0. The van der Waals surface area contributed by atoms with Gasteiger partial charge in [-0.05, 0) is 42.7 Å². The predicted molar refractivity (Wildman–Crippen MR) is 111 cm³/mol. The lowest BCUT2D eigenvalue weighted by molar-refractivity contribution is 0.192. The fraction of sp³-hybridized carbons (Fsp3) is 0.304. The fourth-order valence-corrected chi connectivity index (χ4v) is 2.87. The second-order valence-corrected chi connectivity index (χ2v) is 6.63. The van der Waals surface area contributed by atoms with Gasteiger partial charge in [-0.2, -0.15) is 4.98 Å². The Bertz CT molecular complexity index is 924. The minimum atomic E-state index is 0.102. The summed E-state index contributed by atoms with van der Waals surface area (Å²) in [7, 11) is 1.64. The topological polar surface area (TPSA) is 73.7 Å². The first kappa shape index (κ1) is 20.5. The Kier molecular flexibility index (Phi) is 6.89. The lowest BCUT2D eigenvalue weighted by Crippen LogP contribution is -2.13. The van der Waals surface area contributed by atoms with Gasteiger partial charge >= 0.3 is 0 Å². The van der Waals surface area contributed by atoms with Crippen LogP contribution in [0.4, 0.5) is 0 Å². The second-order valence-electron chi connectivity index (χ2n) is 6.63. The molecule has 0 saturated heterocycles. The van der Waals surface area contributed by atoms with Crippen LogP contribution in [0.5, 0.6) is 23.1 Å². The van der Waals surface area contributed by atoms with Gasteiger partial charge in [-0.15, -0.1) is 0 Å². The van der Waals surface area contributed by atoms with E-state index in [9.17, 15) is 5.11 Å². The van der Waals surface area contributed by atoms with Crippen LogP contribution >= 0.6 is 0 Å². The number of aromatic hydroxyl groups is 1. The van der Waals surface area contributed by atoms with E-state index in [1.807, 2.05) is 30.3 Å². The molecule has 0 fully saturated rings.